The second-order valence-electron chi connectivity index (χ2n) is 2.57. The highest BCUT2D eigenvalue weighted by atomic mass is 79.9. The van der Waals surface area contributed by atoms with Crippen LogP contribution in [0.15, 0.2) is 22.9 Å². The van der Waals surface area contributed by atoms with E-state index in [9.17, 15) is 0 Å². The lowest BCUT2D eigenvalue weighted by Crippen LogP contribution is -1.87. The van der Waals surface area contributed by atoms with Crippen molar-refractivity contribution in [1.29, 1.82) is 0 Å². The van der Waals surface area contributed by atoms with Gasteiger partial charge < -0.3 is 4.40 Å². The minimum Gasteiger partial charge on any atom is -0.301 e. The van der Waals surface area contributed by atoms with E-state index in [0.717, 1.165) is 15.8 Å². The fraction of sp³-hybridized carbons (Fsp3) is 0.125. The Labute approximate surface area is 83.3 Å². The molecule has 0 aliphatic rings. The maximum absolute atomic E-state index is 5.87. The lowest BCUT2D eigenvalue weighted by atomic mass is 10.4. The highest BCUT2D eigenvalue weighted by Crippen LogP contribution is 2.23. The second kappa shape index (κ2) is 2.75. The summed E-state index contributed by atoms with van der Waals surface area (Å²) in [6, 6.07) is 1.86. The van der Waals surface area contributed by atoms with E-state index < -0.39 is 0 Å². The van der Waals surface area contributed by atoms with Gasteiger partial charge in [0.2, 0.25) is 0 Å². The van der Waals surface area contributed by atoms with Crippen LogP contribution in [-0.4, -0.2) is 9.38 Å². The van der Waals surface area contributed by atoms with Crippen LogP contribution in [0, 0.1) is 6.92 Å². The molecule has 2 nitrogen and oxygen atoms in total. The van der Waals surface area contributed by atoms with E-state index >= 15 is 0 Å². The third-order valence-electron chi connectivity index (χ3n) is 1.74. The van der Waals surface area contributed by atoms with Gasteiger partial charge >= 0.3 is 0 Å². The fourth-order valence-electron chi connectivity index (χ4n) is 1.15. The molecule has 2 aromatic heterocycles. The van der Waals surface area contributed by atoms with Crippen molar-refractivity contribution >= 4 is 33.0 Å². The number of imidazole rings is 1. The normalized spacial score (nSPS) is 10.9. The van der Waals surface area contributed by atoms with E-state index in [1.165, 1.54) is 0 Å². The number of aryl methyl sites for hydroxylation is 1. The molecule has 0 fully saturated rings. The van der Waals surface area contributed by atoms with Crippen molar-refractivity contribution in [2.45, 2.75) is 6.92 Å². The van der Waals surface area contributed by atoms with Crippen LogP contribution >= 0.6 is 27.5 Å². The number of hydrogen-bond acceptors (Lipinski definition) is 1. The van der Waals surface area contributed by atoms with Gasteiger partial charge in [-0.15, -0.1) is 0 Å². The maximum atomic E-state index is 5.87. The molecule has 2 rings (SSSR count). The highest BCUT2D eigenvalue weighted by Gasteiger charge is 2.03. The van der Waals surface area contributed by atoms with Crippen LogP contribution in [0.4, 0.5) is 0 Å². The molecule has 0 bridgehead atoms. The first-order valence-corrected chi connectivity index (χ1v) is 4.64. The molecule has 0 atom stereocenters. The largest absolute Gasteiger partial charge is 0.301 e. The van der Waals surface area contributed by atoms with Crippen molar-refractivity contribution in [3.63, 3.8) is 0 Å². The number of rotatable bonds is 0. The third kappa shape index (κ3) is 1.13. The summed E-state index contributed by atoms with van der Waals surface area (Å²) in [7, 11) is 0. The number of hydrogen-bond donors (Lipinski definition) is 0. The zero-order valence-corrected chi connectivity index (χ0v) is 8.72. The van der Waals surface area contributed by atoms with Crippen molar-refractivity contribution in [1.82, 2.24) is 9.38 Å². The minimum absolute atomic E-state index is 0.704. The molecular formula is C8H6BrClN2. The zero-order valence-electron chi connectivity index (χ0n) is 6.38. The molecule has 0 N–H and O–H groups in total. The summed E-state index contributed by atoms with van der Waals surface area (Å²) in [6.45, 7) is 1.94. The Hall–Kier alpha value is -0.540. The molecule has 2 aromatic rings. The summed E-state index contributed by atoms with van der Waals surface area (Å²) in [4.78, 5) is 4.17. The molecule has 0 radical (unpaired) electrons. The molecule has 0 saturated carbocycles. The summed E-state index contributed by atoms with van der Waals surface area (Å²) in [5.74, 6) is 0.938. The SMILES string of the molecule is Cc1ncc2c(Br)cc(Cl)cn12. The number of aromatic nitrogens is 2. The standard InChI is InChI=1S/C8H6BrClN2/c1-5-11-3-8-7(9)2-6(10)4-12(5)8/h2-4H,1H3. The molecule has 0 amide bonds. The van der Waals surface area contributed by atoms with Gasteiger partial charge in [-0.2, -0.15) is 0 Å². The van der Waals surface area contributed by atoms with Crippen molar-refractivity contribution in [2.24, 2.45) is 0 Å². The van der Waals surface area contributed by atoms with E-state index in [1.54, 1.807) is 0 Å². The highest BCUT2D eigenvalue weighted by molar-refractivity contribution is 9.10. The van der Waals surface area contributed by atoms with Gasteiger partial charge in [-0.05, 0) is 28.9 Å². The number of halogens is 2. The smallest absolute Gasteiger partial charge is 0.110 e. The number of pyridine rings is 1. The lowest BCUT2D eigenvalue weighted by molar-refractivity contribution is 1.04. The summed E-state index contributed by atoms with van der Waals surface area (Å²) >= 11 is 9.29. The Morgan fingerprint density at radius 2 is 2.33 bits per heavy atom. The Balaban J connectivity index is 2.92. The summed E-state index contributed by atoms with van der Waals surface area (Å²) in [5, 5.41) is 0.704. The first-order valence-electron chi connectivity index (χ1n) is 3.47. The van der Waals surface area contributed by atoms with Crippen molar-refractivity contribution in [2.75, 3.05) is 0 Å². The molecule has 4 heteroatoms. The first kappa shape index (κ1) is 8.08. The zero-order chi connectivity index (χ0) is 8.72. The number of nitrogens with zero attached hydrogens (tertiary/aromatic N) is 2. The van der Waals surface area contributed by atoms with Gasteiger partial charge in [-0.1, -0.05) is 11.6 Å². The van der Waals surface area contributed by atoms with Crippen molar-refractivity contribution in [3.05, 3.63) is 33.8 Å². The third-order valence-corrected chi connectivity index (χ3v) is 2.59. The van der Waals surface area contributed by atoms with Crippen LogP contribution in [0.1, 0.15) is 5.82 Å². The molecule has 0 aliphatic carbocycles. The van der Waals surface area contributed by atoms with Crippen LogP contribution in [-0.2, 0) is 0 Å². The van der Waals surface area contributed by atoms with Crippen molar-refractivity contribution in [3.8, 4) is 0 Å². The predicted octanol–water partition coefficient (Wildman–Crippen LogP) is 3.06. The van der Waals surface area contributed by atoms with Crippen molar-refractivity contribution < 1.29 is 0 Å². The van der Waals surface area contributed by atoms with Gasteiger partial charge in [-0.25, -0.2) is 4.98 Å². The van der Waals surface area contributed by atoms with Gasteiger partial charge in [0, 0.05) is 10.7 Å². The van der Waals surface area contributed by atoms with Gasteiger partial charge in [0.05, 0.1) is 16.7 Å². The molecule has 0 aromatic carbocycles. The number of fused-ring (bicyclic) bond motifs is 1. The summed E-state index contributed by atoms with van der Waals surface area (Å²) in [5.41, 5.74) is 1.04. The van der Waals surface area contributed by atoms with Crippen LogP contribution in [0.25, 0.3) is 5.52 Å². The monoisotopic (exact) mass is 244 g/mol. The fourth-order valence-corrected chi connectivity index (χ4v) is 2.03. The van der Waals surface area contributed by atoms with E-state index in [4.69, 9.17) is 11.6 Å². The summed E-state index contributed by atoms with van der Waals surface area (Å²) in [6.07, 6.45) is 3.67. The van der Waals surface area contributed by atoms with Gasteiger partial charge in [0.1, 0.15) is 5.82 Å². The Kier molecular flexibility index (Phi) is 1.85. The molecule has 0 unspecified atom stereocenters. The second-order valence-corrected chi connectivity index (χ2v) is 3.86. The predicted molar refractivity (Wildman–Crippen MR) is 52.6 cm³/mol. The molecule has 62 valence electrons. The van der Waals surface area contributed by atoms with E-state index in [-0.39, 0.29) is 0 Å². The van der Waals surface area contributed by atoms with E-state index in [1.807, 2.05) is 29.8 Å². The molecule has 2 heterocycles. The lowest BCUT2D eigenvalue weighted by Gasteiger charge is -1.99. The Morgan fingerprint density at radius 3 is 3.08 bits per heavy atom. The van der Waals surface area contributed by atoms with E-state index in [0.29, 0.717) is 5.02 Å². The van der Waals surface area contributed by atoms with Crippen LogP contribution in [0.5, 0.6) is 0 Å². The molecule has 0 saturated heterocycles. The Bertz CT molecular complexity index is 436. The van der Waals surface area contributed by atoms with Gasteiger partial charge in [-0.3, -0.25) is 0 Å². The van der Waals surface area contributed by atoms with Crippen LogP contribution in [0.2, 0.25) is 5.02 Å². The topological polar surface area (TPSA) is 17.3 Å². The maximum Gasteiger partial charge on any atom is 0.110 e. The average Bonchev–Trinajstić information content (AvgIpc) is 2.33. The van der Waals surface area contributed by atoms with Crippen LogP contribution in [0.3, 0.4) is 0 Å². The molecule has 12 heavy (non-hydrogen) atoms. The molecule has 0 spiro atoms. The molecule has 0 aliphatic heterocycles. The molecular weight excluding hydrogens is 239 g/mol. The summed E-state index contributed by atoms with van der Waals surface area (Å²) < 4.78 is 2.92. The van der Waals surface area contributed by atoms with Gasteiger partial charge in [0.15, 0.2) is 0 Å². The quantitative estimate of drug-likeness (QED) is 0.697. The Morgan fingerprint density at radius 1 is 1.58 bits per heavy atom. The minimum atomic E-state index is 0.704. The van der Waals surface area contributed by atoms with Gasteiger partial charge in [0.25, 0.3) is 0 Å². The van der Waals surface area contributed by atoms with E-state index in [2.05, 4.69) is 20.9 Å². The van der Waals surface area contributed by atoms with Crippen LogP contribution < -0.4 is 0 Å². The first-order chi connectivity index (χ1) is 5.68. The average molecular weight is 246 g/mol.